The highest BCUT2D eigenvalue weighted by atomic mass is 16.6. The Labute approximate surface area is 91.4 Å². The summed E-state index contributed by atoms with van der Waals surface area (Å²) in [7, 11) is 0. The lowest BCUT2D eigenvalue weighted by Crippen LogP contribution is -2.18. The summed E-state index contributed by atoms with van der Waals surface area (Å²) in [5.41, 5.74) is 1.47. The number of rotatable bonds is 5. The van der Waals surface area contributed by atoms with Gasteiger partial charge in [0.15, 0.2) is 0 Å². The van der Waals surface area contributed by atoms with Gasteiger partial charge in [0.25, 0.3) is 0 Å². The van der Waals surface area contributed by atoms with Crippen LogP contribution in [0.15, 0.2) is 11.6 Å². The van der Waals surface area contributed by atoms with Gasteiger partial charge in [-0.2, -0.15) is 0 Å². The van der Waals surface area contributed by atoms with Crippen molar-refractivity contribution in [2.24, 2.45) is 5.92 Å². The van der Waals surface area contributed by atoms with E-state index in [-0.39, 0.29) is 12.6 Å². The lowest BCUT2D eigenvalue weighted by molar-refractivity contribution is -0.148. The van der Waals surface area contributed by atoms with E-state index in [1.54, 1.807) is 6.92 Å². The van der Waals surface area contributed by atoms with Gasteiger partial charge in [0, 0.05) is 0 Å². The van der Waals surface area contributed by atoms with Gasteiger partial charge in [-0.25, -0.2) is 4.79 Å². The molecule has 0 fully saturated rings. The van der Waals surface area contributed by atoms with Crippen LogP contribution < -0.4 is 0 Å². The van der Waals surface area contributed by atoms with Crippen LogP contribution >= 0.6 is 0 Å². The monoisotopic (exact) mass is 212 g/mol. The van der Waals surface area contributed by atoms with Gasteiger partial charge in [-0.05, 0) is 39.0 Å². The normalized spacial score (nSPS) is 20.9. The van der Waals surface area contributed by atoms with Crippen LogP contribution in [0.4, 0.5) is 0 Å². The standard InChI is InChI=1S/C12H20O3/c1-3-15-12(13)9-14-8-11-6-4-10(2)5-7-11/h4,11H,3,5-9H2,1-2H3. The van der Waals surface area contributed by atoms with Gasteiger partial charge in [0.1, 0.15) is 6.61 Å². The van der Waals surface area contributed by atoms with E-state index in [1.807, 2.05) is 0 Å². The third-order valence-electron chi connectivity index (χ3n) is 2.63. The van der Waals surface area contributed by atoms with Gasteiger partial charge >= 0.3 is 5.97 Å². The van der Waals surface area contributed by atoms with Crippen LogP contribution in [0.2, 0.25) is 0 Å². The Morgan fingerprint density at radius 1 is 1.60 bits per heavy atom. The Kier molecular flexibility index (Phi) is 5.40. The molecule has 1 atom stereocenters. The van der Waals surface area contributed by atoms with Crippen molar-refractivity contribution in [3.8, 4) is 0 Å². The molecule has 0 heterocycles. The maximum Gasteiger partial charge on any atom is 0.332 e. The summed E-state index contributed by atoms with van der Waals surface area (Å²) in [6.45, 7) is 5.14. The Morgan fingerprint density at radius 3 is 3.00 bits per heavy atom. The first-order valence-electron chi connectivity index (χ1n) is 5.61. The summed E-state index contributed by atoms with van der Waals surface area (Å²) >= 11 is 0. The lowest BCUT2D eigenvalue weighted by atomic mass is 9.91. The summed E-state index contributed by atoms with van der Waals surface area (Å²) in [6.07, 6.45) is 5.68. The van der Waals surface area contributed by atoms with Crippen LogP contribution in [0.5, 0.6) is 0 Å². The molecule has 0 spiro atoms. The molecule has 1 rings (SSSR count). The number of carbonyl (C=O) groups is 1. The zero-order valence-electron chi connectivity index (χ0n) is 9.62. The molecule has 0 aromatic heterocycles. The average Bonchev–Trinajstić information content (AvgIpc) is 2.21. The Bertz CT molecular complexity index is 233. The Hall–Kier alpha value is -0.830. The van der Waals surface area contributed by atoms with Crippen molar-refractivity contribution >= 4 is 5.97 Å². The van der Waals surface area contributed by atoms with E-state index >= 15 is 0 Å². The second-order valence-electron chi connectivity index (χ2n) is 4.01. The quantitative estimate of drug-likeness (QED) is 0.518. The van der Waals surface area contributed by atoms with Crippen molar-refractivity contribution in [2.45, 2.75) is 33.1 Å². The highest BCUT2D eigenvalue weighted by Gasteiger charge is 2.13. The molecule has 0 aliphatic heterocycles. The number of allylic oxidation sites excluding steroid dienone is 2. The van der Waals surface area contributed by atoms with Crippen molar-refractivity contribution in [3.63, 3.8) is 0 Å². The van der Waals surface area contributed by atoms with E-state index in [4.69, 9.17) is 9.47 Å². The summed E-state index contributed by atoms with van der Waals surface area (Å²) in [5.74, 6) is 0.308. The average molecular weight is 212 g/mol. The molecule has 1 aliphatic rings. The predicted octanol–water partition coefficient (Wildman–Crippen LogP) is 2.31. The zero-order valence-corrected chi connectivity index (χ0v) is 9.62. The van der Waals surface area contributed by atoms with Gasteiger partial charge in [-0.3, -0.25) is 0 Å². The van der Waals surface area contributed by atoms with Crippen LogP contribution in [0.1, 0.15) is 33.1 Å². The molecule has 15 heavy (non-hydrogen) atoms. The molecule has 0 radical (unpaired) electrons. The minimum absolute atomic E-state index is 0.0903. The van der Waals surface area contributed by atoms with E-state index in [2.05, 4.69) is 13.0 Å². The molecule has 0 saturated heterocycles. The Balaban J connectivity index is 2.08. The molecule has 0 aromatic rings. The summed E-state index contributed by atoms with van der Waals surface area (Å²) in [6, 6.07) is 0. The first-order chi connectivity index (χ1) is 7.22. The fourth-order valence-electron chi connectivity index (χ4n) is 1.68. The van der Waals surface area contributed by atoms with Crippen molar-refractivity contribution in [1.29, 1.82) is 0 Å². The molecule has 0 amide bonds. The van der Waals surface area contributed by atoms with E-state index in [1.165, 1.54) is 12.0 Å². The minimum atomic E-state index is -0.264. The van der Waals surface area contributed by atoms with E-state index in [0.717, 1.165) is 12.8 Å². The molecule has 86 valence electrons. The fourth-order valence-corrected chi connectivity index (χ4v) is 1.68. The molecular weight excluding hydrogens is 192 g/mol. The van der Waals surface area contributed by atoms with Gasteiger partial charge in [-0.15, -0.1) is 0 Å². The topological polar surface area (TPSA) is 35.5 Å². The van der Waals surface area contributed by atoms with Gasteiger partial charge in [-0.1, -0.05) is 11.6 Å². The molecule has 3 nitrogen and oxygen atoms in total. The van der Waals surface area contributed by atoms with Crippen molar-refractivity contribution in [2.75, 3.05) is 19.8 Å². The minimum Gasteiger partial charge on any atom is -0.464 e. The molecule has 3 heteroatoms. The van der Waals surface area contributed by atoms with E-state index in [0.29, 0.717) is 19.1 Å². The third kappa shape index (κ3) is 4.98. The number of hydrogen-bond donors (Lipinski definition) is 0. The van der Waals surface area contributed by atoms with Crippen molar-refractivity contribution < 1.29 is 14.3 Å². The van der Waals surface area contributed by atoms with E-state index < -0.39 is 0 Å². The molecule has 0 bridgehead atoms. The SMILES string of the molecule is CCOC(=O)COCC1CC=C(C)CC1. The number of esters is 1. The molecule has 1 aliphatic carbocycles. The molecule has 0 aromatic carbocycles. The summed E-state index contributed by atoms with van der Waals surface area (Å²) in [4.78, 5) is 11.0. The number of hydrogen-bond acceptors (Lipinski definition) is 3. The fraction of sp³-hybridized carbons (Fsp3) is 0.750. The Morgan fingerprint density at radius 2 is 2.40 bits per heavy atom. The van der Waals surface area contributed by atoms with Crippen LogP contribution in [-0.2, 0) is 14.3 Å². The number of ether oxygens (including phenoxy) is 2. The zero-order chi connectivity index (χ0) is 11.1. The highest BCUT2D eigenvalue weighted by molar-refractivity contribution is 5.70. The van der Waals surface area contributed by atoms with Crippen LogP contribution in [0.25, 0.3) is 0 Å². The highest BCUT2D eigenvalue weighted by Crippen LogP contribution is 2.22. The summed E-state index contributed by atoms with van der Waals surface area (Å²) < 4.78 is 10.1. The second-order valence-corrected chi connectivity index (χ2v) is 4.01. The molecule has 0 saturated carbocycles. The van der Waals surface area contributed by atoms with Crippen molar-refractivity contribution in [1.82, 2.24) is 0 Å². The largest absolute Gasteiger partial charge is 0.464 e. The first-order valence-corrected chi connectivity index (χ1v) is 5.61. The predicted molar refractivity (Wildman–Crippen MR) is 58.6 cm³/mol. The van der Waals surface area contributed by atoms with Gasteiger partial charge in [0.05, 0.1) is 13.2 Å². The molecule has 1 unspecified atom stereocenters. The lowest BCUT2D eigenvalue weighted by Gasteiger charge is -2.19. The van der Waals surface area contributed by atoms with Crippen LogP contribution in [0.3, 0.4) is 0 Å². The van der Waals surface area contributed by atoms with Crippen molar-refractivity contribution in [3.05, 3.63) is 11.6 Å². The van der Waals surface area contributed by atoms with Crippen LogP contribution in [-0.4, -0.2) is 25.8 Å². The molecular formula is C12H20O3. The third-order valence-corrected chi connectivity index (χ3v) is 2.63. The van der Waals surface area contributed by atoms with Crippen LogP contribution in [0, 0.1) is 5.92 Å². The second kappa shape index (κ2) is 6.62. The van der Waals surface area contributed by atoms with E-state index in [9.17, 15) is 4.79 Å². The van der Waals surface area contributed by atoms with Gasteiger partial charge in [0.2, 0.25) is 0 Å². The maximum absolute atomic E-state index is 11.0. The summed E-state index contributed by atoms with van der Waals surface area (Å²) in [5, 5.41) is 0. The smallest absolute Gasteiger partial charge is 0.332 e. The number of carbonyl (C=O) groups excluding carboxylic acids is 1. The van der Waals surface area contributed by atoms with Gasteiger partial charge < -0.3 is 9.47 Å². The first kappa shape index (κ1) is 12.2. The maximum atomic E-state index is 11.0. The molecule has 0 N–H and O–H groups in total.